The Balaban J connectivity index is 2.22. The number of carbonyl (C=O) groups is 1. The van der Waals surface area contributed by atoms with Gasteiger partial charge in [0.05, 0.1) is 5.69 Å². The lowest BCUT2D eigenvalue weighted by Crippen LogP contribution is -2.14. The molecule has 0 unspecified atom stereocenters. The van der Waals surface area contributed by atoms with Gasteiger partial charge in [-0.05, 0) is 46.3 Å². The first-order valence-electron chi connectivity index (χ1n) is 5.29. The fraction of sp³-hybridized carbons (Fsp3) is 0. The van der Waals surface area contributed by atoms with Crippen molar-refractivity contribution in [3.63, 3.8) is 0 Å². The fourth-order valence-corrected chi connectivity index (χ4v) is 1.96. The molecule has 98 valence electrons. The van der Waals surface area contributed by atoms with Gasteiger partial charge in [0.25, 0.3) is 5.91 Å². The van der Waals surface area contributed by atoms with E-state index in [9.17, 15) is 4.79 Å². The van der Waals surface area contributed by atoms with Gasteiger partial charge in [0.1, 0.15) is 5.82 Å². The maximum absolute atomic E-state index is 12.1. The number of halogens is 2. The number of anilines is 2. The van der Waals surface area contributed by atoms with Crippen LogP contribution in [0.3, 0.4) is 0 Å². The van der Waals surface area contributed by atoms with Gasteiger partial charge in [0.2, 0.25) is 0 Å². The van der Waals surface area contributed by atoms with Gasteiger partial charge in [-0.25, -0.2) is 10.8 Å². The minimum absolute atomic E-state index is 0.276. The van der Waals surface area contributed by atoms with E-state index in [0.29, 0.717) is 22.1 Å². The van der Waals surface area contributed by atoms with Crippen LogP contribution in [-0.4, -0.2) is 10.9 Å². The van der Waals surface area contributed by atoms with Gasteiger partial charge in [0.15, 0.2) is 0 Å². The van der Waals surface area contributed by atoms with E-state index in [-0.39, 0.29) is 5.91 Å². The molecule has 0 bridgehead atoms. The van der Waals surface area contributed by atoms with E-state index in [0.717, 1.165) is 4.47 Å². The van der Waals surface area contributed by atoms with Crippen molar-refractivity contribution in [3.8, 4) is 0 Å². The van der Waals surface area contributed by atoms with Gasteiger partial charge < -0.3 is 10.7 Å². The van der Waals surface area contributed by atoms with E-state index in [4.69, 9.17) is 17.4 Å². The molecule has 7 heteroatoms. The molecule has 1 amide bonds. The number of pyridine rings is 1. The van der Waals surface area contributed by atoms with Gasteiger partial charge in [-0.2, -0.15) is 0 Å². The lowest BCUT2D eigenvalue weighted by molar-refractivity contribution is 0.102. The van der Waals surface area contributed by atoms with Crippen molar-refractivity contribution < 1.29 is 4.79 Å². The number of nitrogen functional groups attached to an aromatic ring is 1. The van der Waals surface area contributed by atoms with Crippen molar-refractivity contribution in [1.29, 1.82) is 0 Å². The highest BCUT2D eigenvalue weighted by Gasteiger charge is 2.09. The summed E-state index contributed by atoms with van der Waals surface area (Å²) in [6.45, 7) is 0. The summed E-state index contributed by atoms with van der Waals surface area (Å²) in [6, 6.07) is 8.29. The SMILES string of the molecule is NNc1cc(C(=O)Nc2cc(Cl)ccc2Br)ccn1. The number of nitrogens with one attached hydrogen (secondary N) is 2. The summed E-state index contributed by atoms with van der Waals surface area (Å²) in [5.74, 6) is 5.38. The molecule has 4 N–H and O–H groups in total. The molecule has 0 radical (unpaired) electrons. The number of nitrogens with zero attached hydrogens (tertiary/aromatic N) is 1. The van der Waals surface area contributed by atoms with Crippen molar-refractivity contribution in [2.24, 2.45) is 5.84 Å². The quantitative estimate of drug-likeness (QED) is 0.592. The summed E-state index contributed by atoms with van der Waals surface area (Å²) in [7, 11) is 0. The van der Waals surface area contributed by atoms with Crippen molar-refractivity contribution in [3.05, 3.63) is 51.6 Å². The van der Waals surface area contributed by atoms with Gasteiger partial charge in [0, 0.05) is 21.3 Å². The normalized spacial score (nSPS) is 10.1. The van der Waals surface area contributed by atoms with Crippen LogP contribution < -0.4 is 16.6 Å². The lowest BCUT2D eigenvalue weighted by atomic mass is 10.2. The van der Waals surface area contributed by atoms with Crippen LogP contribution in [0.2, 0.25) is 5.02 Å². The second-order valence-electron chi connectivity index (χ2n) is 3.65. The monoisotopic (exact) mass is 340 g/mol. The first kappa shape index (κ1) is 13.8. The summed E-state index contributed by atoms with van der Waals surface area (Å²) < 4.78 is 0.747. The van der Waals surface area contributed by atoms with Crippen molar-refractivity contribution in [2.45, 2.75) is 0 Å². The highest BCUT2D eigenvalue weighted by atomic mass is 79.9. The van der Waals surface area contributed by atoms with E-state index >= 15 is 0 Å². The van der Waals surface area contributed by atoms with Crippen molar-refractivity contribution in [2.75, 3.05) is 10.7 Å². The molecule has 0 fully saturated rings. The summed E-state index contributed by atoms with van der Waals surface area (Å²) in [4.78, 5) is 16.0. The number of hydrogen-bond acceptors (Lipinski definition) is 4. The zero-order valence-corrected chi connectivity index (χ0v) is 12.0. The largest absolute Gasteiger partial charge is 0.321 e. The second-order valence-corrected chi connectivity index (χ2v) is 4.94. The molecule has 0 saturated carbocycles. The fourth-order valence-electron chi connectivity index (χ4n) is 1.44. The van der Waals surface area contributed by atoms with E-state index < -0.39 is 0 Å². The van der Waals surface area contributed by atoms with Gasteiger partial charge >= 0.3 is 0 Å². The van der Waals surface area contributed by atoms with Crippen LogP contribution in [0.1, 0.15) is 10.4 Å². The molecule has 1 heterocycles. The third-order valence-electron chi connectivity index (χ3n) is 2.35. The summed E-state index contributed by atoms with van der Waals surface area (Å²) >= 11 is 9.23. The molecule has 0 aliphatic rings. The Morgan fingerprint density at radius 1 is 1.32 bits per heavy atom. The number of nitrogens with two attached hydrogens (primary N) is 1. The maximum atomic E-state index is 12.1. The molecule has 2 rings (SSSR count). The summed E-state index contributed by atoms with van der Waals surface area (Å²) in [6.07, 6.45) is 1.50. The summed E-state index contributed by atoms with van der Waals surface area (Å²) in [5, 5.41) is 3.29. The van der Waals surface area contributed by atoms with Crippen LogP contribution in [-0.2, 0) is 0 Å². The average molecular weight is 342 g/mol. The molecule has 1 aromatic heterocycles. The molecular weight excluding hydrogens is 332 g/mol. The Morgan fingerprint density at radius 2 is 2.11 bits per heavy atom. The number of amides is 1. The predicted molar refractivity (Wildman–Crippen MR) is 79.2 cm³/mol. The lowest BCUT2D eigenvalue weighted by Gasteiger charge is -2.08. The third kappa shape index (κ3) is 3.44. The minimum atomic E-state index is -0.276. The number of rotatable bonds is 3. The average Bonchev–Trinajstić information content (AvgIpc) is 2.43. The van der Waals surface area contributed by atoms with Gasteiger partial charge in [-0.3, -0.25) is 4.79 Å². The molecule has 0 aliphatic carbocycles. The smallest absolute Gasteiger partial charge is 0.255 e. The van der Waals surface area contributed by atoms with Crippen LogP contribution in [0.15, 0.2) is 41.0 Å². The number of carbonyl (C=O) groups excluding carboxylic acids is 1. The molecular formula is C12H10BrClN4O. The van der Waals surface area contributed by atoms with Gasteiger partial charge in [-0.1, -0.05) is 11.6 Å². The number of benzene rings is 1. The molecule has 5 nitrogen and oxygen atoms in total. The number of hydrogen-bond donors (Lipinski definition) is 3. The molecule has 0 spiro atoms. The Morgan fingerprint density at radius 3 is 2.84 bits per heavy atom. The van der Waals surface area contributed by atoms with Crippen LogP contribution in [0, 0.1) is 0 Å². The molecule has 0 aliphatic heterocycles. The minimum Gasteiger partial charge on any atom is -0.321 e. The number of hydrazine groups is 1. The van der Waals surface area contributed by atoms with Crippen LogP contribution in [0.4, 0.5) is 11.5 Å². The Labute approximate surface area is 123 Å². The van der Waals surface area contributed by atoms with E-state index in [1.165, 1.54) is 6.20 Å². The number of aromatic nitrogens is 1. The molecule has 0 atom stereocenters. The Hall–Kier alpha value is -1.63. The highest BCUT2D eigenvalue weighted by Crippen LogP contribution is 2.26. The van der Waals surface area contributed by atoms with E-state index in [2.05, 4.69) is 31.7 Å². The maximum Gasteiger partial charge on any atom is 0.255 e. The van der Waals surface area contributed by atoms with E-state index in [1.807, 2.05) is 0 Å². The second kappa shape index (κ2) is 6.01. The van der Waals surface area contributed by atoms with Crippen molar-refractivity contribution >= 4 is 44.9 Å². The molecule has 0 saturated heterocycles. The van der Waals surface area contributed by atoms with E-state index in [1.54, 1.807) is 30.3 Å². The Kier molecular flexibility index (Phi) is 4.36. The van der Waals surface area contributed by atoms with Crippen LogP contribution in [0.25, 0.3) is 0 Å². The standard InChI is InChI=1S/C12H10BrClN4O/c13-9-2-1-8(14)6-10(9)17-12(19)7-3-4-16-11(5-7)18-15/h1-6H,15H2,(H,16,18)(H,17,19). The third-order valence-corrected chi connectivity index (χ3v) is 3.27. The topological polar surface area (TPSA) is 80.0 Å². The van der Waals surface area contributed by atoms with Crippen LogP contribution in [0.5, 0.6) is 0 Å². The zero-order valence-electron chi connectivity index (χ0n) is 9.65. The predicted octanol–water partition coefficient (Wildman–Crippen LogP) is 3.04. The highest BCUT2D eigenvalue weighted by molar-refractivity contribution is 9.10. The van der Waals surface area contributed by atoms with Crippen molar-refractivity contribution in [1.82, 2.24) is 4.98 Å². The Bertz CT molecular complexity index is 620. The van der Waals surface area contributed by atoms with Crippen LogP contribution >= 0.6 is 27.5 Å². The first-order valence-corrected chi connectivity index (χ1v) is 6.46. The zero-order chi connectivity index (χ0) is 13.8. The summed E-state index contributed by atoms with van der Waals surface area (Å²) in [5.41, 5.74) is 3.42. The molecule has 2 aromatic rings. The first-order chi connectivity index (χ1) is 9.10. The molecule has 1 aromatic carbocycles. The van der Waals surface area contributed by atoms with Gasteiger partial charge in [-0.15, -0.1) is 0 Å². The molecule has 19 heavy (non-hydrogen) atoms.